The first-order chi connectivity index (χ1) is 23.0. The maximum Gasteiger partial charge on any atom is 0.331 e. The van der Waals surface area contributed by atoms with Gasteiger partial charge in [-0.3, -0.25) is 14.4 Å². The van der Waals surface area contributed by atoms with Crippen molar-refractivity contribution >= 4 is 34.6 Å². The summed E-state index contributed by atoms with van der Waals surface area (Å²) in [6.45, 7) is 22.9. The van der Waals surface area contributed by atoms with Gasteiger partial charge in [0.15, 0.2) is 18.2 Å². The molecule has 0 radical (unpaired) electrons. The Bertz CT molecular complexity index is 1850. The summed E-state index contributed by atoms with van der Waals surface area (Å²) >= 11 is 0. The number of nitrogens with zero attached hydrogens (tertiary/aromatic N) is 5. The summed E-state index contributed by atoms with van der Waals surface area (Å²) in [5.74, 6) is 2.02. The summed E-state index contributed by atoms with van der Waals surface area (Å²) in [4.78, 5) is 38.2. The Labute approximate surface area is 282 Å². The van der Waals surface area contributed by atoms with Gasteiger partial charge in [0.1, 0.15) is 17.4 Å². The molecule has 1 aliphatic carbocycles. The minimum Gasteiger partial charge on any atom is -0.473 e. The molecule has 1 saturated heterocycles. The topological polar surface area (TPSA) is 109 Å². The van der Waals surface area contributed by atoms with Crippen molar-refractivity contribution in [2.45, 2.75) is 60.5 Å². The normalized spacial score (nSPS) is 21.2. The lowest BCUT2D eigenvalue weighted by Crippen LogP contribution is -2.48. The molecule has 4 aromatic rings. The van der Waals surface area contributed by atoms with Crippen LogP contribution in [-0.4, -0.2) is 70.4 Å². The largest absolute Gasteiger partial charge is 0.473 e. The van der Waals surface area contributed by atoms with Crippen LogP contribution in [0.1, 0.15) is 62.0 Å². The Morgan fingerprint density at radius 2 is 1.77 bits per heavy atom. The SMILES string of the molecule is [C-]#[N+]c1cn2[nH]c(-c3ccc(N4CCN(C(C)=O)CC4)c(NCOc4cc(C)ccc4C)c3)nc2c1C(=O)OC1C(C)CC(C)CC1C. The number of carbonyl (C=O) groups is 2. The lowest BCUT2D eigenvalue weighted by Gasteiger charge is -2.37. The van der Waals surface area contributed by atoms with Crippen molar-refractivity contribution in [3.8, 4) is 17.1 Å². The summed E-state index contributed by atoms with van der Waals surface area (Å²) in [6.07, 6.45) is 3.41. The lowest BCUT2D eigenvalue weighted by molar-refractivity contribution is -0.129. The van der Waals surface area contributed by atoms with Crippen LogP contribution < -0.4 is 15.0 Å². The molecule has 2 aliphatic rings. The van der Waals surface area contributed by atoms with Crippen molar-refractivity contribution < 1.29 is 19.1 Å². The number of esters is 1. The van der Waals surface area contributed by atoms with Crippen molar-refractivity contribution in [2.24, 2.45) is 17.8 Å². The molecule has 11 heteroatoms. The molecule has 252 valence electrons. The molecule has 3 heterocycles. The zero-order chi connectivity index (χ0) is 34.1. The van der Waals surface area contributed by atoms with Crippen LogP contribution in [0.4, 0.5) is 17.1 Å². The smallest absolute Gasteiger partial charge is 0.331 e. The Morgan fingerprint density at radius 1 is 1.04 bits per heavy atom. The van der Waals surface area contributed by atoms with E-state index in [2.05, 4.69) is 47.0 Å². The summed E-state index contributed by atoms with van der Waals surface area (Å²) in [7, 11) is 0. The molecule has 0 spiro atoms. The Kier molecular flexibility index (Phi) is 9.35. The van der Waals surface area contributed by atoms with E-state index in [1.807, 2.05) is 49.1 Å². The van der Waals surface area contributed by atoms with Gasteiger partial charge < -0.3 is 24.6 Å². The van der Waals surface area contributed by atoms with Crippen LogP contribution in [0.5, 0.6) is 5.75 Å². The summed E-state index contributed by atoms with van der Waals surface area (Å²) in [5.41, 5.74) is 5.58. The molecule has 2 aromatic heterocycles. The minimum atomic E-state index is -0.509. The summed E-state index contributed by atoms with van der Waals surface area (Å²) in [5, 5.41) is 6.74. The van der Waals surface area contributed by atoms with Crippen LogP contribution in [-0.2, 0) is 9.53 Å². The fourth-order valence-corrected chi connectivity index (χ4v) is 7.36. The van der Waals surface area contributed by atoms with Gasteiger partial charge in [-0.05, 0) is 79.8 Å². The van der Waals surface area contributed by atoms with Gasteiger partial charge in [-0.15, -0.1) is 0 Å². The number of H-pyrrole nitrogens is 1. The number of piperazine rings is 1. The van der Waals surface area contributed by atoms with E-state index >= 15 is 0 Å². The molecule has 1 aliphatic heterocycles. The van der Waals surface area contributed by atoms with Gasteiger partial charge >= 0.3 is 5.97 Å². The predicted octanol–water partition coefficient (Wildman–Crippen LogP) is 6.84. The third kappa shape index (κ3) is 6.70. The number of benzene rings is 2. The average Bonchev–Trinajstić information content (AvgIpc) is 3.62. The van der Waals surface area contributed by atoms with E-state index in [1.54, 1.807) is 17.6 Å². The van der Waals surface area contributed by atoms with Crippen molar-refractivity contribution in [1.29, 1.82) is 0 Å². The third-order valence-electron chi connectivity index (χ3n) is 9.81. The van der Waals surface area contributed by atoms with Crippen LogP contribution in [0.2, 0.25) is 0 Å². The molecule has 2 unspecified atom stereocenters. The van der Waals surface area contributed by atoms with Gasteiger partial charge in [0.05, 0.1) is 17.9 Å². The van der Waals surface area contributed by atoms with E-state index in [0.29, 0.717) is 43.6 Å². The number of anilines is 2. The van der Waals surface area contributed by atoms with E-state index in [4.69, 9.17) is 21.0 Å². The molecular weight excluding hydrogens is 606 g/mol. The number of fused-ring (bicyclic) bond motifs is 1. The maximum absolute atomic E-state index is 13.6. The first-order valence-electron chi connectivity index (χ1n) is 16.8. The van der Waals surface area contributed by atoms with Crippen molar-refractivity contribution in [3.63, 3.8) is 0 Å². The zero-order valence-corrected chi connectivity index (χ0v) is 28.7. The zero-order valence-electron chi connectivity index (χ0n) is 28.7. The first kappa shape index (κ1) is 32.9. The number of hydrogen-bond donors (Lipinski definition) is 2. The molecule has 1 amide bonds. The van der Waals surface area contributed by atoms with Gasteiger partial charge in [0.2, 0.25) is 11.6 Å². The standard InChI is InChI=1S/C37H45N7O4/c1-22-8-9-24(3)32(18-22)47-21-39-29-19-28(10-11-31(29)43-14-12-42(13-15-43)27(6)45)35-40-36-33(30(38-7)20-44(36)41-35)37(46)48-34-25(4)16-23(2)17-26(34)5/h8-11,18-20,23,25-26,34,39H,12-17,21H2,1-6H3,(H,40,41). The number of aryl methyl sites for hydroxylation is 2. The molecule has 2 fully saturated rings. The van der Waals surface area contributed by atoms with E-state index < -0.39 is 5.97 Å². The average molecular weight is 652 g/mol. The summed E-state index contributed by atoms with van der Waals surface area (Å²) in [6, 6.07) is 12.2. The molecule has 2 aromatic carbocycles. The number of amides is 1. The van der Waals surface area contributed by atoms with Crippen LogP contribution >= 0.6 is 0 Å². The van der Waals surface area contributed by atoms with Crippen LogP contribution in [0.3, 0.4) is 0 Å². The Balaban J connectivity index is 1.29. The number of carbonyl (C=O) groups excluding carboxylic acids is 2. The second kappa shape index (κ2) is 13.6. The second-order valence-corrected chi connectivity index (χ2v) is 13.6. The molecular formula is C37H45N7O4. The number of rotatable bonds is 8. The van der Waals surface area contributed by atoms with Gasteiger partial charge in [0.25, 0.3) is 0 Å². The molecule has 11 nitrogen and oxygen atoms in total. The number of nitrogens with one attached hydrogen (secondary N) is 2. The fraction of sp³-hybridized carbons (Fsp3) is 0.459. The van der Waals surface area contributed by atoms with Gasteiger partial charge in [-0.1, -0.05) is 32.9 Å². The Morgan fingerprint density at radius 3 is 2.46 bits per heavy atom. The number of aromatic amines is 1. The number of hydrogen-bond acceptors (Lipinski definition) is 7. The fourth-order valence-electron chi connectivity index (χ4n) is 7.36. The molecule has 6 rings (SSSR count). The molecule has 2 atom stereocenters. The van der Waals surface area contributed by atoms with E-state index in [1.165, 1.54) is 0 Å². The maximum atomic E-state index is 13.6. The Hall–Kier alpha value is -4.98. The first-order valence-corrected chi connectivity index (χ1v) is 16.8. The molecule has 2 N–H and O–H groups in total. The number of ether oxygens (including phenoxy) is 2. The molecule has 1 saturated carbocycles. The van der Waals surface area contributed by atoms with Gasteiger partial charge in [0, 0.05) is 44.9 Å². The van der Waals surface area contributed by atoms with Crippen LogP contribution in [0, 0.1) is 38.2 Å². The highest BCUT2D eigenvalue weighted by molar-refractivity contribution is 6.03. The van der Waals surface area contributed by atoms with Crippen LogP contribution in [0.25, 0.3) is 21.9 Å². The van der Waals surface area contributed by atoms with E-state index in [9.17, 15) is 9.59 Å². The van der Waals surface area contributed by atoms with Crippen LogP contribution in [0.15, 0.2) is 42.6 Å². The van der Waals surface area contributed by atoms with Gasteiger partial charge in [-0.25, -0.2) is 14.6 Å². The van der Waals surface area contributed by atoms with Crippen molar-refractivity contribution in [2.75, 3.05) is 43.1 Å². The highest BCUT2D eigenvalue weighted by Crippen LogP contribution is 2.37. The number of aromatic nitrogens is 3. The lowest BCUT2D eigenvalue weighted by atomic mass is 9.75. The van der Waals surface area contributed by atoms with Gasteiger partial charge in [-0.2, -0.15) is 0 Å². The molecule has 0 bridgehead atoms. The third-order valence-corrected chi connectivity index (χ3v) is 9.81. The van der Waals surface area contributed by atoms with Crippen molar-refractivity contribution in [3.05, 3.63) is 70.7 Å². The monoisotopic (exact) mass is 651 g/mol. The highest BCUT2D eigenvalue weighted by atomic mass is 16.5. The van der Waals surface area contributed by atoms with Crippen molar-refractivity contribution in [1.82, 2.24) is 19.5 Å². The molecule has 48 heavy (non-hydrogen) atoms. The minimum absolute atomic E-state index is 0.0847. The highest BCUT2D eigenvalue weighted by Gasteiger charge is 2.36. The predicted molar refractivity (Wildman–Crippen MR) is 187 cm³/mol. The second-order valence-electron chi connectivity index (χ2n) is 13.6. The van der Waals surface area contributed by atoms with E-state index in [-0.39, 0.29) is 41.8 Å². The quantitative estimate of drug-likeness (QED) is 0.122. The summed E-state index contributed by atoms with van der Waals surface area (Å²) < 4.78 is 13.9. The van der Waals surface area contributed by atoms with E-state index in [0.717, 1.165) is 46.7 Å².